The summed E-state index contributed by atoms with van der Waals surface area (Å²) >= 11 is 0. The monoisotopic (exact) mass is 321 g/mol. The minimum atomic E-state index is -0.184. The zero-order chi connectivity index (χ0) is 17.2. The van der Waals surface area contributed by atoms with Gasteiger partial charge in [-0.15, -0.1) is 0 Å². The fraction of sp³-hybridized carbons (Fsp3) is 0.611. The number of nitrogens with zero attached hydrogens (tertiary/aromatic N) is 2. The Hall–Kier alpha value is -1.59. The molecule has 1 aromatic carbocycles. The Morgan fingerprint density at radius 3 is 2.48 bits per heavy atom. The Balaban J connectivity index is 2.49. The molecule has 0 fully saturated rings. The van der Waals surface area contributed by atoms with Crippen LogP contribution in [0.1, 0.15) is 27.2 Å². The van der Waals surface area contributed by atoms with Crippen LogP contribution in [-0.2, 0) is 4.79 Å². The molecule has 0 saturated carbocycles. The highest BCUT2D eigenvalue weighted by Gasteiger charge is 2.19. The summed E-state index contributed by atoms with van der Waals surface area (Å²) in [7, 11) is 3.60. The number of rotatable bonds is 10. The second-order valence-electron chi connectivity index (χ2n) is 5.73. The van der Waals surface area contributed by atoms with Gasteiger partial charge in [0.25, 0.3) is 0 Å². The largest absolute Gasteiger partial charge is 0.495 e. The Labute approximate surface area is 140 Å². The molecule has 0 radical (unpaired) electrons. The standard InChI is InChI=1S/C18H31N3O2/c1-6-21(7-2)14-10-13-20(4)15(3)18(22)19-16-11-8-9-12-17(16)23-5/h8-9,11-12,15H,6-7,10,13-14H2,1-5H3,(H,19,22). The smallest absolute Gasteiger partial charge is 0.241 e. The van der Waals surface area contributed by atoms with E-state index < -0.39 is 0 Å². The lowest BCUT2D eigenvalue weighted by Gasteiger charge is -2.25. The van der Waals surface area contributed by atoms with E-state index in [1.807, 2.05) is 38.2 Å². The van der Waals surface area contributed by atoms with E-state index in [-0.39, 0.29) is 11.9 Å². The number of likely N-dealkylation sites (N-methyl/N-ethyl adjacent to an activating group) is 1. The van der Waals surface area contributed by atoms with Crippen molar-refractivity contribution in [2.45, 2.75) is 33.2 Å². The summed E-state index contributed by atoms with van der Waals surface area (Å²) in [6, 6.07) is 7.28. The fourth-order valence-corrected chi connectivity index (χ4v) is 2.46. The third-order valence-electron chi connectivity index (χ3n) is 4.29. The average molecular weight is 321 g/mol. The molecule has 0 saturated heterocycles. The summed E-state index contributed by atoms with van der Waals surface area (Å²) in [5.74, 6) is 0.664. The van der Waals surface area contributed by atoms with Gasteiger partial charge in [-0.3, -0.25) is 9.69 Å². The van der Waals surface area contributed by atoms with Crippen molar-refractivity contribution in [3.05, 3.63) is 24.3 Å². The van der Waals surface area contributed by atoms with Crippen molar-refractivity contribution in [1.29, 1.82) is 0 Å². The van der Waals surface area contributed by atoms with Crippen LogP contribution < -0.4 is 10.1 Å². The van der Waals surface area contributed by atoms with Gasteiger partial charge in [0, 0.05) is 0 Å². The molecule has 0 aliphatic rings. The summed E-state index contributed by atoms with van der Waals surface area (Å²) in [6.07, 6.45) is 1.06. The normalized spacial score (nSPS) is 12.5. The van der Waals surface area contributed by atoms with Gasteiger partial charge in [-0.1, -0.05) is 26.0 Å². The van der Waals surface area contributed by atoms with E-state index >= 15 is 0 Å². The lowest BCUT2D eigenvalue weighted by atomic mass is 10.2. The van der Waals surface area contributed by atoms with Gasteiger partial charge in [-0.25, -0.2) is 0 Å². The van der Waals surface area contributed by atoms with Crippen LogP contribution in [0.4, 0.5) is 5.69 Å². The molecule has 0 aromatic heterocycles. The molecule has 1 rings (SSSR count). The minimum Gasteiger partial charge on any atom is -0.495 e. The number of benzene rings is 1. The van der Waals surface area contributed by atoms with Gasteiger partial charge < -0.3 is 15.0 Å². The second kappa shape index (κ2) is 10.2. The molecule has 5 nitrogen and oxygen atoms in total. The second-order valence-corrected chi connectivity index (χ2v) is 5.73. The number of carbonyl (C=O) groups excluding carboxylic acids is 1. The molecular weight excluding hydrogens is 290 g/mol. The van der Waals surface area contributed by atoms with Gasteiger partial charge in [0.2, 0.25) is 5.91 Å². The van der Waals surface area contributed by atoms with Crippen LogP contribution in [0.15, 0.2) is 24.3 Å². The summed E-state index contributed by atoms with van der Waals surface area (Å²) < 4.78 is 5.27. The molecule has 0 heterocycles. The summed E-state index contributed by atoms with van der Waals surface area (Å²) in [4.78, 5) is 16.9. The Morgan fingerprint density at radius 1 is 1.22 bits per heavy atom. The minimum absolute atomic E-state index is 0.0140. The first-order valence-corrected chi connectivity index (χ1v) is 8.39. The lowest BCUT2D eigenvalue weighted by molar-refractivity contribution is -0.120. The summed E-state index contributed by atoms with van der Waals surface area (Å²) in [5.41, 5.74) is 0.711. The molecule has 0 aliphatic carbocycles. The maximum Gasteiger partial charge on any atom is 0.241 e. The van der Waals surface area contributed by atoms with Gasteiger partial charge in [0.1, 0.15) is 5.75 Å². The molecule has 130 valence electrons. The van der Waals surface area contributed by atoms with Crippen molar-refractivity contribution in [2.24, 2.45) is 0 Å². The lowest BCUT2D eigenvalue weighted by Crippen LogP contribution is -2.41. The molecule has 1 atom stereocenters. The fourth-order valence-electron chi connectivity index (χ4n) is 2.46. The Kier molecular flexibility index (Phi) is 8.66. The SMILES string of the molecule is CCN(CC)CCCN(C)C(C)C(=O)Nc1ccccc1OC. The van der Waals surface area contributed by atoms with E-state index in [0.717, 1.165) is 32.6 Å². The van der Waals surface area contributed by atoms with Crippen LogP contribution in [0.25, 0.3) is 0 Å². The number of para-hydroxylation sites is 2. The molecule has 0 aliphatic heterocycles. The van der Waals surface area contributed by atoms with Gasteiger partial charge in [0.05, 0.1) is 18.8 Å². The van der Waals surface area contributed by atoms with Gasteiger partial charge in [0.15, 0.2) is 0 Å². The topological polar surface area (TPSA) is 44.8 Å². The highest BCUT2D eigenvalue weighted by molar-refractivity contribution is 5.95. The molecule has 0 bridgehead atoms. The maximum absolute atomic E-state index is 12.4. The van der Waals surface area contributed by atoms with E-state index in [1.54, 1.807) is 7.11 Å². The van der Waals surface area contributed by atoms with Crippen molar-refractivity contribution in [2.75, 3.05) is 45.7 Å². The molecule has 1 N–H and O–H groups in total. The molecule has 1 unspecified atom stereocenters. The first-order chi connectivity index (χ1) is 11.0. The number of nitrogens with one attached hydrogen (secondary N) is 1. The third kappa shape index (κ3) is 6.20. The van der Waals surface area contributed by atoms with E-state index in [1.165, 1.54) is 0 Å². The number of ether oxygens (including phenoxy) is 1. The highest BCUT2D eigenvalue weighted by Crippen LogP contribution is 2.23. The van der Waals surface area contributed by atoms with Crippen molar-refractivity contribution in [1.82, 2.24) is 9.80 Å². The Morgan fingerprint density at radius 2 is 1.87 bits per heavy atom. The molecule has 23 heavy (non-hydrogen) atoms. The number of hydrogen-bond acceptors (Lipinski definition) is 4. The van der Waals surface area contributed by atoms with Crippen molar-refractivity contribution in [3.63, 3.8) is 0 Å². The van der Waals surface area contributed by atoms with Crippen LogP contribution >= 0.6 is 0 Å². The quantitative estimate of drug-likeness (QED) is 0.720. The van der Waals surface area contributed by atoms with Crippen molar-refractivity contribution < 1.29 is 9.53 Å². The first kappa shape index (κ1) is 19.5. The predicted octanol–water partition coefficient (Wildman–Crippen LogP) is 2.69. The van der Waals surface area contributed by atoms with Crippen LogP contribution in [0, 0.1) is 0 Å². The average Bonchev–Trinajstić information content (AvgIpc) is 2.58. The molecular formula is C18H31N3O2. The zero-order valence-corrected chi connectivity index (χ0v) is 15.1. The van der Waals surface area contributed by atoms with E-state index in [9.17, 15) is 4.79 Å². The number of anilines is 1. The summed E-state index contributed by atoms with van der Waals surface area (Å²) in [5, 5.41) is 2.95. The molecule has 5 heteroatoms. The van der Waals surface area contributed by atoms with Gasteiger partial charge >= 0.3 is 0 Å². The third-order valence-corrected chi connectivity index (χ3v) is 4.29. The predicted molar refractivity (Wildman–Crippen MR) is 96.1 cm³/mol. The van der Waals surface area contributed by atoms with Crippen LogP contribution in [0.5, 0.6) is 5.75 Å². The number of hydrogen-bond donors (Lipinski definition) is 1. The van der Waals surface area contributed by atoms with Crippen LogP contribution in [0.3, 0.4) is 0 Å². The van der Waals surface area contributed by atoms with E-state index in [2.05, 4.69) is 29.0 Å². The van der Waals surface area contributed by atoms with Gasteiger partial charge in [-0.05, 0) is 58.7 Å². The zero-order valence-electron chi connectivity index (χ0n) is 15.1. The van der Waals surface area contributed by atoms with Crippen molar-refractivity contribution >= 4 is 11.6 Å². The highest BCUT2D eigenvalue weighted by atomic mass is 16.5. The maximum atomic E-state index is 12.4. The number of carbonyl (C=O) groups is 1. The Bertz CT molecular complexity index is 475. The van der Waals surface area contributed by atoms with Crippen LogP contribution in [0.2, 0.25) is 0 Å². The molecule has 1 aromatic rings. The van der Waals surface area contributed by atoms with E-state index in [0.29, 0.717) is 11.4 Å². The van der Waals surface area contributed by atoms with Crippen molar-refractivity contribution in [3.8, 4) is 5.75 Å². The summed E-state index contributed by atoms with van der Waals surface area (Å²) in [6.45, 7) is 10.4. The first-order valence-electron chi connectivity index (χ1n) is 8.39. The molecule has 1 amide bonds. The molecule has 0 spiro atoms. The number of amides is 1. The number of methoxy groups -OCH3 is 1. The van der Waals surface area contributed by atoms with Crippen LogP contribution in [-0.4, -0.2) is 62.1 Å². The van der Waals surface area contributed by atoms with Gasteiger partial charge in [-0.2, -0.15) is 0 Å². The van der Waals surface area contributed by atoms with E-state index in [4.69, 9.17) is 4.74 Å².